The molecule has 0 fully saturated rings. The van der Waals surface area contributed by atoms with Crippen molar-refractivity contribution < 1.29 is 0 Å². The van der Waals surface area contributed by atoms with Gasteiger partial charge in [0, 0.05) is 70.2 Å². The smallest absolute Gasteiger partial charge is 0.0568 e. The summed E-state index contributed by atoms with van der Waals surface area (Å²) in [4.78, 5) is 4.93. The van der Waals surface area contributed by atoms with Crippen molar-refractivity contribution in [2.45, 2.75) is 66.2 Å². The third-order valence-electron chi connectivity index (χ3n) is 14.4. The molecule has 2 heterocycles. The Balaban J connectivity index is 1.23. The van der Waals surface area contributed by atoms with Crippen LogP contribution in [0, 0.1) is 13.8 Å². The molecule has 0 spiro atoms. The molecule has 0 bridgehead atoms. The summed E-state index contributed by atoms with van der Waals surface area (Å²) in [6, 6.07) is 75.5. The van der Waals surface area contributed by atoms with E-state index in [1.165, 1.54) is 74.7 Å². The Hall–Kier alpha value is -7.66. The van der Waals surface area contributed by atoms with Crippen LogP contribution < -0.4 is 9.80 Å². The fourth-order valence-electron chi connectivity index (χ4n) is 10.7. The Labute approximate surface area is 415 Å². The molecule has 0 saturated carbocycles. The van der Waals surface area contributed by atoms with Gasteiger partial charge in [0.05, 0.1) is 22.4 Å². The average Bonchev–Trinajstić information content (AvgIpc) is 3.90. The molecule has 0 atom stereocenters. The van der Waals surface area contributed by atoms with Gasteiger partial charge in [0.2, 0.25) is 0 Å². The summed E-state index contributed by atoms with van der Waals surface area (Å²) in [5.41, 5.74) is 15.3. The molecule has 342 valence electrons. The average molecular weight is 924 g/mol. The number of rotatable bonds is 7. The van der Waals surface area contributed by atoms with E-state index in [0.29, 0.717) is 0 Å². The van der Waals surface area contributed by atoms with E-state index in [1.807, 2.05) is 11.3 Å². The molecule has 0 aliphatic rings. The van der Waals surface area contributed by atoms with Crippen molar-refractivity contribution in [3.8, 4) is 5.69 Å². The van der Waals surface area contributed by atoms with Crippen LogP contribution in [-0.2, 0) is 10.8 Å². The van der Waals surface area contributed by atoms with Gasteiger partial charge in [-0.2, -0.15) is 0 Å². The van der Waals surface area contributed by atoms with E-state index in [-0.39, 0.29) is 10.8 Å². The van der Waals surface area contributed by atoms with Gasteiger partial charge in [-0.15, -0.1) is 11.3 Å². The highest BCUT2D eigenvalue weighted by molar-refractivity contribution is 7.25. The Kier molecular flexibility index (Phi) is 10.3. The number of anilines is 6. The second-order valence-corrected chi connectivity index (χ2v) is 22.3. The van der Waals surface area contributed by atoms with Crippen molar-refractivity contribution in [1.29, 1.82) is 0 Å². The molecular weight excluding hydrogens is 867 g/mol. The minimum atomic E-state index is 0.0290. The van der Waals surface area contributed by atoms with Gasteiger partial charge in [-0.3, -0.25) is 0 Å². The first-order valence-electron chi connectivity index (χ1n) is 24.6. The summed E-state index contributed by atoms with van der Waals surface area (Å²) in [6.45, 7) is 18.0. The van der Waals surface area contributed by atoms with Gasteiger partial charge in [-0.25, -0.2) is 0 Å². The third kappa shape index (κ3) is 7.32. The molecular formula is C66H57N3S. The molecule has 12 aromatic rings. The minimum absolute atomic E-state index is 0.0290. The standard InChI is InChI=1S/C66H57N3S/c1-42-21-29-46(30-22-42)67(48-33-25-44(26-34-48)65(3,4)5)57-40-59-63(54-18-11-9-15-51(54)57)64-55-19-12-10-16-52(55)58(68(47-31-23-43(2)24-32-47)49-35-27-45(28-36-49)66(6,7)8)41-60(64)69(59)50-37-38-62-56(39-50)53-17-13-14-20-61(53)70-62/h9-41H,1-8H3. The maximum absolute atomic E-state index is 2.56. The fourth-order valence-corrected chi connectivity index (χ4v) is 11.7. The topological polar surface area (TPSA) is 11.4 Å². The zero-order valence-electron chi connectivity index (χ0n) is 41.3. The van der Waals surface area contributed by atoms with Gasteiger partial charge in [0.15, 0.2) is 0 Å². The quantitative estimate of drug-likeness (QED) is 0.158. The number of benzene rings is 10. The second-order valence-electron chi connectivity index (χ2n) is 21.2. The lowest BCUT2D eigenvalue weighted by Gasteiger charge is -2.28. The second kappa shape index (κ2) is 16.5. The van der Waals surface area contributed by atoms with Crippen LogP contribution in [0.15, 0.2) is 200 Å². The van der Waals surface area contributed by atoms with Crippen molar-refractivity contribution in [3.05, 3.63) is 222 Å². The molecule has 0 N–H and O–H groups in total. The van der Waals surface area contributed by atoms with E-state index < -0.39 is 0 Å². The van der Waals surface area contributed by atoms with Gasteiger partial charge >= 0.3 is 0 Å². The Morgan fingerprint density at radius 2 is 0.729 bits per heavy atom. The van der Waals surface area contributed by atoms with E-state index in [2.05, 4.69) is 270 Å². The number of hydrogen-bond acceptors (Lipinski definition) is 3. The predicted octanol–water partition coefficient (Wildman–Crippen LogP) is 19.6. The summed E-state index contributed by atoms with van der Waals surface area (Å²) in [7, 11) is 0. The normalized spacial score (nSPS) is 12.3. The number of aryl methyl sites for hydroxylation is 2. The molecule has 0 radical (unpaired) electrons. The van der Waals surface area contributed by atoms with Crippen molar-refractivity contribution in [2.24, 2.45) is 0 Å². The Bertz CT molecular complexity index is 3750. The lowest BCUT2D eigenvalue weighted by atomic mass is 9.87. The van der Waals surface area contributed by atoms with Crippen LogP contribution in [0.1, 0.15) is 63.8 Å². The van der Waals surface area contributed by atoms with E-state index in [9.17, 15) is 0 Å². The van der Waals surface area contributed by atoms with Gasteiger partial charge in [0.1, 0.15) is 0 Å². The predicted molar refractivity (Wildman–Crippen MR) is 305 cm³/mol. The SMILES string of the molecule is Cc1ccc(N(c2ccc(C(C)(C)C)cc2)c2cc3c(c4ccccc24)c2c4ccccc4c(N(c4ccc(C)cc4)c4ccc(C(C)(C)C)cc4)cc2n3-c2ccc3sc4ccccc4c3c2)cc1. The van der Waals surface area contributed by atoms with Gasteiger partial charge in [0.25, 0.3) is 0 Å². The van der Waals surface area contributed by atoms with Crippen molar-refractivity contribution in [1.82, 2.24) is 4.57 Å². The highest BCUT2D eigenvalue weighted by Gasteiger charge is 2.27. The zero-order valence-corrected chi connectivity index (χ0v) is 42.1. The van der Waals surface area contributed by atoms with Crippen LogP contribution >= 0.6 is 11.3 Å². The van der Waals surface area contributed by atoms with Crippen molar-refractivity contribution >= 4 is 109 Å². The number of nitrogens with zero attached hydrogens (tertiary/aromatic N) is 3. The molecule has 3 nitrogen and oxygen atoms in total. The zero-order chi connectivity index (χ0) is 48.1. The molecule has 10 aromatic carbocycles. The van der Waals surface area contributed by atoms with Crippen molar-refractivity contribution in [2.75, 3.05) is 9.80 Å². The maximum Gasteiger partial charge on any atom is 0.0568 e. The molecule has 12 rings (SSSR count). The summed E-state index contributed by atoms with van der Waals surface area (Å²) >= 11 is 1.87. The minimum Gasteiger partial charge on any atom is -0.310 e. The monoisotopic (exact) mass is 923 g/mol. The van der Waals surface area contributed by atoms with Crippen LogP contribution in [0.3, 0.4) is 0 Å². The molecule has 2 aromatic heterocycles. The Morgan fingerprint density at radius 1 is 0.357 bits per heavy atom. The highest BCUT2D eigenvalue weighted by Crippen LogP contribution is 2.50. The summed E-state index contributed by atoms with van der Waals surface area (Å²) in [6.07, 6.45) is 0. The van der Waals surface area contributed by atoms with E-state index >= 15 is 0 Å². The van der Waals surface area contributed by atoms with Crippen LogP contribution in [0.2, 0.25) is 0 Å². The number of hydrogen-bond donors (Lipinski definition) is 0. The summed E-state index contributed by atoms with van der Waals surface area (Å²) in [5.74, 6) is 0. The van der Waals surface area contributed by atoms with E-state index in [1.54, 1.807) is 0 Å². The number of aromatic nitrogens is 1. The molecule has 4 heteroatoms. The molecule has 0 aliphatic heterocycles. The van der Waals surface area contributed by atoms with Gasteiger partial charge in [-0.05, 0) is 132 Å². The highest BCUT2D eigenvalue weighted by atomic mass is 32.1. The van der Waals surface area contributed by atoms with E-state index in [0.717, 1.165) is 50.8 Å². The van der Waals surface area contributed by atoms with Crippen LogP contribution in [0.25, 0.3) is 69.2 Å². The maximum atomic E-state index is 2.56. The largest absolute Gasteiger partial charge is 0.310 e. The van der Waals surface area contributed by atoms with Crippen molar-refractivity contribution in [3.63, 3.8) is 0 Å². The molecule has 0 unspecified atom stereocenters. The third-order valence-corrected chi connectivity index (χ3v) is 15.6. The molecule has 0 aliphatic carbocycles. The van der Waals surface area contributed by atoms with Gasteiger partial charge < -0.3 is 14.4 Å². The molecule has 0 amide bonds. The first-order chi connectivity index (χ1) is 33.8. The molecule has 0 saturated heterocycles. The Morgan fingerprint density at radius 3 is 1.16 bits per heavy atom. The van der Waals surface area contributed by atoms with E-state index in [4.69, 9.17) is 0 Å². The van der Waals surface area contributed by atoms with Crippen LogP contribution in [0.5, 0.6) is 0 Å². The fraction of sp³-hybridized carbons (Fsp3) is 0.152. The van der Waals surface area contributed by atoms with Crippen LogP contribution in [0.4, 0.5) is 34.1 Å². The number of fused-ring (bicyclic) bond motifs is 10. The first-order valence-corrected chi connectivity index (χ1v) is 25.4. The number of thiophene rings is 1. The molecule has 70 heavy (non-hydrogen) atoms. The first kappa shape index (κ1) is 43.6. The van der Waals surface area contributed by atoms with Gasteiger partial charge in [-0.1, -0.05) is 168 Å². The van der Waals surface area contributed by atoms with Crippen LogP contribution in [-0.4, -0.2) is 4.57 Å². The lowest BCUT2D eigenvalue weighted by molar-refractivity contribution is 0.590. The summed E-state index contributed by atoms with van der Waals surface area (Å²) < 4.78 is 5.15. The lowest BCUT2D eigenvalue weighted by Crippen LogP contribution is -2.13. The summed E-state index contributed by atoms with van der Waals surface area (Å²) in [5, 5.41) is 9.88.